The Balaban J connectivity index is 1.67. The smallest absolute Gasteiger partial charge is 0.191 e. The van der Waals surface area contributed by atoms with Crippen LogP contribution in [0.4, 0.5) is 0 Å². The molecule has 0 bridgehead atoms. The van der Waals surface area contributed by atoms with E-state index in [2.05, 4.69) is 58.6 Å². The number of aromatic nitrogens is 1. The fraction of sp³-hybridized carbons (Fsp3) is 0.500. The first-order valence-corrected chi connectivity index (χ1v) is 9.40. The standard InChI is InChI=1S/C20H29N5/c1-3-21-20(23-14-17-9-7-13-25(17)4-2)24-15-19-18-10-6-5-8-16(18)11-12-22-19/h5-6,8,10-12,17H,3-4,7,9,13-15H2,1-2H3,(H2,21,23,24). The van der Waals surface area contributed by atoms with E-state index in [1.807, 2.05) is 12.3 Å². The summed E-state index contributed by atoms with van der Waals surface area (Å²) in [5, 5.41) is 9.26. The van der Waals surface area contributed by atoms with Crippen LogP contribution in [0.1, 0.15) is 32.4 Å². The summed E-state index contributed by atoms with van der Waals surface area (Å²) in [6.07, 6.45) is 4.43. The Morgan fingerprint density at radius 2 is 2.12 bits per heavy atom. The van der Waals surface area contributed by atoms with Gasteiger partial charge in [-0.1, -0.05) is 31.2 Å². The fourth-order valence-corrected chi connectivity index (χ4v) is 3.56. The minimum absolute atomic E-state index is 0.582. The van der Waals surface area contributed by atoms with E-state index in [-0.39, 0.29) is 0 Å². The second kappa shape index (κ2) is 8.81. The van der Waals surface area contributed by atoms with Crippen molar-refractivity contribution in [2.45, 2.75) is 39.3 Å². The largest absolute Gasteiger partial charge is 0.357 e. The molecule has 1 aromatic heterocycles. The number of nitrogens with one attached hydrogen (secondary N) is 2. The summed E-state index contributed by atoms with van der Waals surface area (Å²) in [5.74, 6) is 0.875. The quantitative estimate of drug-likeness (QED) is 0.628. The van der Waals surface area contributed by atoms with Gasteiger partial charge in [0.15, 0.2) is 5.96 Å². The lowest BCUT2D eigenvalue weighted by molar-refractivity contribution is 0.267. The molecule has 0 amide bonds. The van der Waals surface area contributed by atoms with Gasteiger partial charge in [0, 0.05) is 30.7 Å². The molecule has 1 aromatic carbocycles. The van der Waals surface area contributed by atoms with E-state index in [4.69, 9.17) is 4.99 Å². The highest BCUT2D eigenvalue weighted by Crippen LogP contribution is 2.17. The number of benzene rings is 1. The first kappa shape index (κ1) is 17.7. The van der Waals surface area contributed by atoms with Crippen molar-refractivity contribution >= 4 is 16.7 Å². The molecule has 0 radical (unpaired) electrons. The molecule has 2 aromatic rings. The van der Waals surface area contributed by atoms with Crippen molar-refractivity contribution in [2.75, 3.05) is 26.2 Å². The van der Waals surface area contributed by atoms with Crippen molar-refractivity contribution < 1.29 is 0 Å². The topological polar surface area (TPSA) is 52.6 Å². The first-order valence-electron chi connectivity index (χ1n) is 9.40. The summed E-state index contributed by atoms with van der Waals surface area (Å²) in [4.78, 5) is 11.8. The number of guanidine groups is 1. The molecule has 1 atom stereocenters. The minimum atomic E-state index is 0.582. The van der Waals surface area contributed by atoms with E-state index in [9.17, 15) is 0 Å². The highest BCUT2D eigenvalue weighted by Gasteiger charge is 2.22. The third-order valence-electron chi connectivity index (χ3n) is 4.90. The highest BCUT2D eigenvalue weighted by atomic mass is 15.2. The van der Waals surface area contributed by atoms with Gasteiger partial charge in [0.05, 0.1) is 12.2 Å². The molecular formula is C20H29N5. The van der Waals surface area contributed by atoms with Gasteiger partial charge in [-0.05, 0) is 44.3 Å². The predicted molar refractivity (Wildman–Crippen MR) is 105 cm³/mol. The third-order valence-corrected chi connectivity index (χ3v) is 4.90. The Kier molecular flexibility index (Phi) is 6.23. The minimum Gasteiger partial charge on any atom is -0.357 e. The van der Waals surface area contributed by atoms with Crippen LogP contribution in [0.15, 0.2) is 41.5 Å². The van der Waals surface area contributed by atoms with Crippen LogP contribution >= 0.6 is 0 Å². The van der Waals surface area contributed by atoms with Gasteiger partial charge < -0.3 is 10.6 Å². The Morgan fingerprint density at radius 1 is 1.24 bits per heavy atom. The van der Waals surface area contributed by atoms with Gasteiger partial charge in [-0.2, -0.15) is 0 Å². The molecule has 0 saturated carbocycles. The molecule has 134 valence electrons. The predicted octanol–water partition coefficient (Wildman–Crippen LogP) is 2.77. The van der Waals surface area contributed by atoms with Crippen LogP contribution in [-0.2, 0) is 6.54 Å². The molecule has 1 unspecified atom stereocenters. The van der Waals surface area contributed by atoms with Gasteiger partial charge in [0.2, 0.25) is 0 Å². The second-order valence-electron chi connectivity index (χ2n) is 6.48. The zero-order valence-corrected chi connectivity index (χ0v) is 15.3. The molecule has 25 heavy (non-hydrogen) atoms. The number of hydrogen-bond acceptors (Lipinski definition) is 3. The second-order valence-corrected chi connectivity index (χ2v) is 6.48. The number of rotatable bonds is 6. The van der Waals surface area contributed by atoms with Crippen LogP contribution in [-0.4, -0.2) is 48.1 Å². The van der Waals surface area contributed by atoms with Crippen LogP contribution in [0.3, 0.4) is 0 Å². The van der Waals surface area contributed by atoms with Crippen LogP contribution in [0, 0.1) is 0 Å². The number of nitrogens with zero attached hydrogens (tertiary/aromatic N) is 3. The molecule has 2 heterocycles. The van der Waals surface area contributed by atoms with Crippen LogP contribution in [0.25, 0.3) is 10.8 Å². The van der Waals surface area contributed by atoms with Crippen molar-refractivity contribution in [3.63, 3.8) is 0 Å². The molecule has 1 fully saturated rings. The average molecular weight is 339 g/mol. The molecule has 2 N–H and O–H groups in total. The number of likely N-dealkylation sites (N-methyl/N-ethyl adjacent to an activating group) is 1. The molecule has 1 aliphatic heterocycles. The van der Waals surface area contributed by atoms with Crippen LogP contribution < -0.4 is 10.6 Å². The van der Waals surface area contributed by atoms with Gasteiger partial charge in [0.25, 0.3) is 0 Å². The summed E-state index contributed by atoms with van der Waals surface area (Å²) < 4.78 is 0. The molecule has 0 aliphatic carbocycles. The Labute approximate surface area is 150 Å². The van der Waals surface area contributed by atoms with E-state index in [1.165, 1.54) is 30.2 Å². The molecule has 1 aliphatic rings. The zero-order chi connectivity index (χ0) is 17.5. The summed E-state index contributed by atoms with van der Waals surface area (Å²) in [7, 11) is 0. The lowest BCUT2D eigenvalue weighted by Gasteiger charge is -2.24. The van der Waals surface area contributed by atoms with Crippen molar-refractivity contribution in [3.8, 4) is 0 Å². The average Bonchev–Trinajstić information content (AvgIpc) is 3.11. The Hall–Kier alpha value is -2.14. The van der Waals surface area contributed by atoms with E-state index in [0.717, 1.165) is 31.3 Å². The van der Waals surface area contributed by atoms with Crippen LogP contribution in [0.5, 0.6) is 0 Å². The van der Waals surface area contributed by atoms with Gasteiger partial charge in [-0.25, -0.2) is 4.99 Å². The van der Waals surface area contributed by atoms with Crippen molar-refractivity contribution in [2.24, 2.45) is 4.99 Å². The summed E-state index contributed by atoms with van der Waals surface area (Å²) in [5.41, 5.74) is 1.02. The Morgan fingerprint density at radius 3 is 2.96 bits per heavy atom. The molecule has 3 rings (SSSR count). The van der Waals surface area contributed by atoms with Crippen molar-refractivity contribution in [1.82, 2.24) is 20.5 Å². The summed E-state index contributed by atoms with van der Waals surface area (Å²) in [6, 6.07) is 11.0. The van der Waals surface area contributed by atoms with Crippen molar-refractivity contribution in [1.29, 1.82) is 0 Å². The van der Waals surface area contributed by atoms with Gasteiger partial charge in [-0.3, -0.25) is 9.88 Å². The number of fused-ring (bicyclic) bond motifs is 1. The molecule has 5 heteroatoms. The lowest BCUT2D eigenvalue weighted by Crippen LogP contribution is -2.44. The van der Waals surface area contributed by atoms with Crippen molar-refractivity contribution in [3.05, 3.63) is 42.2 Å². The van der Waals surface area contributed by atoms with E-state index >= 15 is 0 Å². The van der Waals surface area contributed by atoms with Gasteiger partial charge in [0.1, 0.15) is 0 Å². The number of aliphatic imine (C=N–C) groups is 1. The molecule has 1 saturated heterocycles. The maximum atomic E-state index is 4.76. The molecule has 5 nitrogen and oxygen atoms in total. The maximum Gasteiger partial charge on any atom is 0.191 e. The molecule has 0 spiro atoms. The summed E-state index contributed by atoms with van der Waals surface area (Å²) >= 11 is 0. The SMILES string of the molecule is CCNC(=NCc1nccc2ccccc12)NCC1CCCN1CC. The fourth-order valence-electron chi connectivity index (χ4n) is 3.56. The maximum absolute atomic E-state index is 4.76. The lowest BCUT2D eigenvalue weighted by atomic mass is 10.1. The summed E-state index contributed by atoms with van der Waals surface area (Å²) in [6.45, 7) is 9.07. The first-order chi connectivity index (χ1) is 12.3. The third kappa shape index (κ3) is 4.48. The number of hydrogen-bond donors (Lipinski definition) is 2. The van der Waals surface area contributed by atoms with Gasteiger partial charge >= 0.3 is 0 Å². The Bertz CT molecular complexity index is 707. The monoisotopic (exact) mass is 339 g/mol. The molecular weight excluding hydrogens is 310 g/mol. The van der Waals surface area contributed by atoms with E-state index < -0.39 is 0 Å². The van der Waals surface area contributed by atoms with Gasteiger partial charge in [-0.15, -0.1) is 0 Å². The highest BCUT2D eigenvalue weighted by molar-refractivity contribution is 5.85. The zero-order valence-electron chi connectivity index (χ0n) is 15.3. The number of likely N-dealkylation sites (tertiary alicyclic amines) is 1. The van der Waals surface area contributed by atoms with E-state index in [0.29, 0.717) is 12.6 Å². The normalized spacial score (nSPS) is 18.6. The number of pyridine rings is 1. The van der Waals surface area contributed by atoms with E-state index in [1.54, 1.807) is 0 Å². The van der Waals surface area contributed by atoms with Crippen LogP contribution in [0.2, 0.25) is 0 Å².